The van der Waals surface area contributed by atoms with Gasteiger partial charge in [-0.25, -0.2) is 0 Å². The van der Waals surface area contributed by atoms with Gasteiger partial charge in [0.2, 0.25) is 5.91 Å². The van der Waals surface area contributed by atoms with E-state index in [1.807, 2.05) is 0 Å². The number of benzene rings is 1. The average Bonchev–Trinajstić information content (AvgIpc) is 2.07. The van der Waals surface area contributed by atoms with Gasteiger partial charge in [0.15, 0.2) is 0 Å². The smallest absolute Gasteiger partial charge is 0.294 e. The highest BCUT2D eigenvalue weighted by atomic mass is 16.6. The van der Waals surface area contributed by atoms with Crippen LogP contribution in [-0.4, -0.2) is 10.8 Å². The fourth-order valence-electron chi connectivity index (χ4n) is 1.01. The third kappa shape index (κ3) is 1.98. The van der Waals surface area contributed by atoms with Crippen LogP contribution in [0.3, 0.4) is 0 Å². The van der Waals surface area contributed by atoms with E-state index in [1.165, 1.54) is 25.1 Å². The summed E-state index contributed by atoms with van der Waals surface area (Å²) >= 11 is 0. The molecule has 6 nitrogen and oxygen atoms in total. The van der Waals surface area contributed by atoms with E-state index in [0.29, 0.717) is 0 Å². The van der Waals surface area contributed by atoms with E-state index >= 15 is 0 Å². The standard InChI is InChI=1S/C8H9N3O3/c1-5(12)10-6-3-2-4-7(8(6)9)11(13)14/h2-4H,9H2,1H3,(H,10,12). The zero-order chi connectivity index (χ0) is 10.7. The molecule has 74 valence electrons. The molecular weight excluding hydrogens is 186 g/mol. The molecule has 0 fully saturated rings. The lowest BCUT2D eigenvalue weighted by molar-refractivity contribution is -0.383. The van der Waals surface area contributed by atoms with Crippen molar-refractivity contribution >= 4 is 23.0 Å². The fourth-order valence-corrected chi connectivity index (χ4v) is 1.01. The Morgan fingerprint density at radius 2 is 2.21 bits per heavy atom. The van der Waals surface area contributed by atoms with Crippen molar-refractivity contribution in [3.8, 4) is 0 Å². The number of nitrogens with one attached hydrogen (secondary N) is 1. The monoisotopic (exact) mass is 195 g/mol. The Morgan fingerprint density at radius 3 is 2.71 bits per heavy atom. The van der Waals surface area contributed by atoms with Gasteiger partial charge in [-0.1, -0.05) is 6.07 Å². The van der Waals surface area contributed by atoms with Crippen LogP contribution in [0.2, 0.25) is 0 Å². The molecule has 0 bridgehead atoms. The number of hydrogen-bond acceptors (Lipinski definition) is 4. The zero-order valence-electron chi connectivity index (χ0n) is 7.48. The van der Waals surface area contributed by atoms with Crippen LogP contribution in [0.1, 0.15) is 6.92 Å². The molecule has 3 N–H and O–H groups in total. The summed E-state index contributed by atoms with van der Waals surface area (Å²) in [7, 11) is 0. The van der Waals surface area contributed by atoms with Gasteiger partial charge in [0.1, 0.15) is 5.69 Å². The first-order chi connectivity index (χ1) is 6.52. The number of rotatable bonds is 2. The van der Waals surface area contributed by atoms with Gasteiger partial charge >= 0.3 is 0 Å². The van der Waals surface area contributed by atoms with Crippen molar-refractivity contribution in [1.29, 1.82) is 0 Å². The molecule has 0 aliphatic rings. The second kappa shape index (κ2) is 3.73. The van der Waals surface area contributed by atoms with Crippen LogP contribution in [0.25, 0.3) is 0 Å². The first-order valence-corrected chi connectivity index (χ1v) is 3.83. The van der Waals surface area contributed by atoms with Crippen molar-refractivity contribution in [2.45, 2.75) is 6.92 Å². The molecular formula is C8H9N3O3. The summed E-state index contributed by atoms with van der Waals surface area (Å²) < 4.78 is 0. The highest BCUT2D eigenvalue weighted by Crippen LogP contribution is 2.28. The highest BCUT2D eigenvalue weighted by molar-refractivity contribution is 5.93. The minimum atomic E-state index is -0.597. The largest absolute Gasteiger partial charge is 0.391 e. The quantitative estimate of drug-likeness (QED) is 0.420. The minimum Gasteiger partial charge on any atom is -0.391 e. The molecule has 14 heavy (non-hydrogen) atoms. The number of carbonyl (C=O) groups excluding carboxylic acids is 1. The number of anilines is 2. The Balaban J connectivity index is 3.13. The van der Waals surface area contributed by atoms with E-state index in [0.717, 1.165) is 0 Å². The van der Waals surface area contributed by atoms with Crippen molar-refractivity contribution in [1.82, 2.24) is 0 Å². The number of para-hydroxylation sites is 1. The number of nitro groups is 1. The van der Waals surface area contributed by atoms with Crippen LogP contribution >= 0.6 is 0 Å². The van der Waals surface area contributed by atoms with Crippen LogP contribution in [0, 0.1) is 10.1 Å². The van der Waals surface area contributed by atoms with E-state index in [4.69, 9.17) is 5.73 Å². The molecule has 1 aromatic carbocycles. The molecule has 0 saturated carbocycles. The summed E-state index contributed by atoms with van der Waals surface area (Å²) in [5.74, 6) is -0.322. The van der Waals surface area contributed by atoms with Crippen molar-refractivity contribution < 1.29 is 9.72 Å². The van der Waals surface area contributed by atoms with E-state index in [1.54, 1.807) is 0 Å². The zero-order valence-corrected chi connectivity index (χ0v) is 7.48. The maximum atomic E-state index is 10.7. The van der Waals surface area contributed by atoms with Gasteiger partial charge in [0.25, 0.3) is 5.69 Å². The molecule has 0 heterocycles. The second-order valence-corrected chi connectivity index (χ2v) is 2.68. The first kappa shape index (κ1) is 9.97. The Morgan fingerprint density at radius 1 is 1.57 bits per heavy atom. The molecule has 0 aliphatic carbocycles. The summed E-state index contributed by atoms with van der Waals surface area (Å²) in [6, 6.07) is 4.24. The predicted molar refractivity (Wildman–Crippen MR) is 51.8 cm³/mol. The third-order valence-corrected chi connectivity index (χ3v) is 1.59. The summed E-state index contributed by atoms with van der Waals surface area (Å²) in [5.41, 5.74) is 5.49. The van der Waals surface area contributed by atoms with E-state index in [2.05, 4.69) is 5.32 Å². The molecule has 0 radical (unpaired) electrons. The van der Waals surface area contributed by atoms with Gasteiger partial charge in [-0.3, -0.25) is 14.9 Å². The predicted octanol–water partition coefficient (Wildman–Crippen LogP) is 1.14. The van der Waals surface area contributed by atoms with Crippen molar-refractivity contribution in [2.24, 2.45) is 0 Å². The van der Waals surface area contributed by atoms with Crippen molar-refractivity contribution in [3.05, 3.63) is 28.3 Å². The lowest BCUT2D eigenvalue weighted by atomic mass is 10.2. The van der Waals surface area contributed by atoms with E-state index in [9.17, 15) is 14.9 Å². The summed E-state index contributed by atoms with van der Waals surface area (Å²) in [5, 5.41) is 12.9. The van der Waals surface area contributed by atoms with Gasteiger partial charge < -0.3 is 11.1 Å². The molecule has 0 aromatic heterocycles. The van der Waals surface area contributed by atoms with Crippen LogP contribution in [0.15, 0.2) is 18.2 Å². The van der Waals surface area contributed by atoms with Gasteiger partial charge in [-0.05, 0) is 6.07 Å². The average molecular weight is 195 g/mol. The minimum absolute atomic E-state index is 0.0345. The lowest BCUT2D eigenvalue weighted by Crippen LogP contribution is -2.09. The maximum Gasteiger partial charge on any atom is 0.294 e. The number of amides is 1. The maximum absolute atomic E-state index is 10.7. The topological polar surface area (TPSA) is 98.3 Å². The Kier molecular flexibility index (Phi) is 2.66. The summed E-state index contributed by atoms with van der Waals surface area (Å²) in [6.07, 6.45) is 0. The first-order valence-electron chi connectivity index (χ1n) is 3.83. The summed E-state index contributed by atoms with van der Waals surface area (Å²) in [4.78, 5) is 20.6. The lowest BCUT2D eigenvalue weighted by Gasteiger charge is -2.05. The van der Waals surface area contributed by atoms with Crippen LogP contribution in [0.4, 0.5) is 17.1 Å². The van der Waals surface area contributed by atoms with Crippen LogP contribution in [-0.2, 0) is 4.79 Å². The number of nitrogens with two attached hydrogens (primary N) is 1. The Labute approximate surface area is 79.9 Å². The second-order valence-electron chi connectivity index (χ2n) is 2.68. The third-order valence-electron chi connectivity index (χ3n) is 1.59. The Hall–Kier alpha value is -2.11. The number of carbonyl (C=O) groups is 1. The molecule has 6 heteroatoms. The molecule has 1 aromatic rings. The van der Waals surface area contributed by atoms with Crippen molar-refractivity contribution in [2.75, 3.05) is 11.1 Å². The molecule has 0 unspecified atom stereocenters. The van der Waals surface area contributed by atoms with Gasteiger partial charge in [0, 0.05) is 13.0 Å². The highest BCUT2D eigenvalue weighted by Gasteiger charge is 2.14. The van der Waals surface area contributed by atoms with Crippen molar-refractivity contribution in [3.63, 3.8) is 0 Å². The SMILES string of the molecule is CC(=O)Nc1cccc([N+](=O)[O-])c1N. The van der Waals surface area contributed by atoms with Crippen LogP contribution < -0.4 is 11.1 Å². The molecule has 1 amide bonds. The normalized spacial score (nSPS) is 9.50. The Bertz CT molecular complexity index is 389. The fraction of sp³-hybridized carbons (Fsp3) is 0.125. The van der Waals surface area contributed by atoms with E-state index < -0.39 is 4.92 Å². The molecule has 0 aliphatic heterocycles. The number of nitrogen functional groups attached to an aromatic ring is 1. The number of hydrogen-bond donors (Lipinski definition) is 2. The summed E-state index contributed by atoms with van der Waals surface area (Å²) in [6.45, 7) is 1.30. The van der Waals surface area contributed by atoms with Crippen LogP contribution in [0.5, 0.6) is 0 Å². The number of nitrogens with zero attached hydrogens (tertiary/aromatic N) is 1. The molecule has 0 saturated heterocycles. The van der Waals surface area contributed by atoms with Gasteiger partial charge in [0.05, 0.1) is 10.6 Å². The number of nitro benzene ring substituents is 1. The molecule has 0 atom stereocenters. The van der Waals surface area contributed by atoms with Gasteiger partial charge in [-0.2, -0.15) is 0 Å². The molecule has 1 rings (SSSR count). The molecule has 0 spiro atoms. The van der Waals surface area contributed by atoms with E-state index in [-0.39, 0.29) is 23.0 Å². The van der Waals surface area contributed by atoms with Gasteiger partial charge in [-0.15, -0.1) is 0 Å².